The van der Waals surface area contributed by atoms with E-state index in [9.17, 15) is 0 Å². The Kier molecular flexibility index (Phi) is 5.00. The lowest BCUT2D eigenvalue weighted by molar-refractivity contribution is 0.273. The highest BCUT2D eigenvalue weighted by molar-refractivity contribution is 6.30. The summed E-state index contributed by atoms with van der Waals surface area (Å²) in [6.45, 7) is 0.355. The Bertz CT molecular complexity index is 1030. The Morgan fingerprint density at radius 3 is 2.56 bits per heavy atom. The summed E-state index contributed by atoms with van der Waals surface area (Å²) in [5, 5.41) is 9.11. The van der Waals surface area contributed by atoms with Crippen molar-refractivity contribution in [3.63, 3.8) is 0 Å². The lowest BCUT2D eigenvalue weighted by Crippen LogP contribution is -2.30. The van der Waals surface area contributed by atoms with E-state index in [4.69, 9.17) is 22.1 Å². The van der Waals surface area contributed by atoms with Crippen LogP contribution in [0.5, 0.6) is 5.88 Å². The molecule has 4 aromatic rings. The third-order valence-electron chi connectivity index (χ3n) is 4.17. The quantitative estimate of drug-likeness (QED) is 0.555. The molecule has 7 heteroatoms. The van der Waals surface area contributed by atoms with Gasteiger partial charge in [-0.15, -0.1) is 10.2 Å². The molecule has 0 bridgehead atoms. The Morgan fingerprint density at radius 1 is 1.00 bits per heavy atom. The van der Waals surface area contributed by atoms with Gasteiger partial charge in [0.2, 0.25) is 5.88 Å². The average molecular weight is 380 g/mol. The number of hydrogen-bond acceptors (Lipinski definition) is 5. The second-order valence-electron chi connectivity index (χ2n) is 6.23. The van der Waals surface area contributed by atoms with Gasteiger partial charge in [-0.25, -0.2) is 4.40 Å². The number of hydrogen-bond donors (Lipinski definition) is 1. The van der Waals surface area contributed by atoms with Crippen LogP contribution in [0.15, 0.2) is 67.0 Å². The molecule has 0 aliphatic rings. The highest BCUT2D eigenvalue weighted by Gasteiger charge is 2.14. The molecular formula is C20H18ClN5O. The normalized spacial score (nSPS) is 12.2. The maximum atomic E-state index is 6.24. The summed E-state index contributed by atoms with van der Waals surface area (Å²) in [7, 11) is 0. The molecule has 27 heavy (non-hydrogen) atoms. The van der Waals surface area contributed by atoms with E-state index in [-0.39, 0.29) is 6.04 Å². The van der Waals surface area contributed by atoms with Crippen molar-refractivity contribution in [1.82, 2.24) is 19.6 Å². The van der Waals surface area contributed by atoms with Crippen LogP contribution in [0.2, 0.25) is 5.02 Å². The molecule has 2 aromatic heterocycles. The first-order valence-corrected chi connectivity index (χ1v) is 8.96. The summed E-state index contributed by atoms with van der Waals surface area (Å²) >= 11 is 5.98. The zero-order valence-corrected chi connectivity index (χ0v) is 15.3. The van der Waals surface area contributed by atoms with E-state index in [0.29, 0.717) is 29.0 Å². The molecule has 6 nitrogen and oxygen atoms in total. The molecule has 0 aliphatic carbocycles. The highest BCUT2D eigenvalue weighted by Crippen LogP contribution is 2.24. The highest BCUT2D eigenvalue weighted by atomic mass is 35.5. The Labute approximate surface area is 161 Å². The third kappa shape index (κ3) is 3.92. The van der Waals surface area contributed by atoms with Gasteiger partial charge in [-0.2, -0.15) is 0 Å². The number of ether oxygens (including phenoxy) is 1. The molecule has 1 atom stereocenters. The van der Waals surface area contributed by atoms with Crippen molar-refractivity contribution in [2.45, 2.75) is 12.5 Å². The summed E-state index contributed by atoms with van der Waals surface area (Å²) in [5.74, 6) is 1.21. The van der Waals surface area contributed by atoms with Gasteiger partial charge in [0, 0.05) is 16.6 Å². The molecule has 0 unspecified atom stereocenters. The number of benzene rings is 2. The summed E-state index contributed by atoms with van der Waals surface area (Å²) in [5.41, 5.74) is 8.91. The molecular weight excluding hydrogens is 362 g/mol. The second-order valence-corrected chi connectivity index (χ2v) is 6.67. The maximum Gasteiger partial charge on any atom is 0.220 e. The SMILES string of the molecule is N[C@@H](COc1cncc2nnc(-c3ccc(Cl)cc3)n12)Cc1ccccc1. The number of rotatable bonds is 6. The van der Waals surface area contributed by atoms with E-state index in [1.807, 2.05) is 46.9 Å². The van der Waals surface area contributed by atoms with E-state index < -0.39 is 0 Å². The van der Waals surface area contributed by atoms with Gasteiger partial charge in [0.15, 0.2) is 11.5 Å². The van der Waals surface area contributed by atoms with Crippen molar-refractivity contribution in [2.24, 2.45) is 5.73 Å². The number of halogens is 1. The molecule has 4 rings (SSSR count). The van der Waals surface area contributed by atoms with E-state index >= 15 is 0 Å². The van der Waals surface area contributed by atoms with Gasteiger partial charge < -0.3 is 10.5 Å². The van der Waals surface area contributed by atoms with Crippen molar-refractivity contribution in [1.29, 1.82) is 0 Å². The molecule has 0 saturated carbocycles. The van der Waals surface area contributed by atoms with Crippen LogP contribution >= 0.6 is 11.6 Å². The number of fused-ring (bicyclic) bond motifs is 1. The van der Waals surface area contributed by atoms with Crippen LogP contribution in [0.3, 0.4) is 0 Å². The van der Waals surface area contributed by atoms with Gasteiger partial charge in [-0.1, -0.05) is 41.9 Å². The van der Waals surface area contributed by atoms with Crippen LogP contribution < -0.4 is 10.5 Å². The smallest absolute Gasteiger partial charge is 0.220 e. The van der Waals surface area contributed by atoms with E-state index in [2.05, 4.69) is 27.3 Å². The summed E-state index contributed by atoms with van der Waals surface area (Å²) in [6.07, 6.45) is 4.02. The molecule has 2 aromatic carbocycles. The Hall–Kier alpha value is -2.96. The minimum absolute atomic E-state index is 0.141. The Morgan fingerprint density at radius 2 is 1.78 bits per heavy atom. The lowest BCUT2D eigenvalue weighted by Gasteiger charge is -2.14. The van der Waals surface area contributed by atoms with E-state index in [0.717, 1.165) is 12.0 Å². The van der Waals surface area contributed by atoms with Crippen LogP contribution in [0.4, 0.5) is 0 Å². The molecule has 2 N–H and O–H groups in total. The molecule has 0 amide bonds. The zero-order chi connectivity index (χ0) is 18.6. The zero-order valence-electron chi connectivity index (χ0n) is 14.5. The van der Waals surface area contributed by atoms with Crippen LogP contribution in [0, 0.1) is 0 Å². The van der Waals surface area contributed by atoms with Crippen LogP contribution in [0.25, 0.3) is 17.0 Å². The second kappa shape index (κ2) is 7.73. The fourth-order valence-electron chi connectivity index (χ4n) is 2.88. The van der Waals surface area contributed by atoms with Crippen molar-refractivity contribution in [3.05, 3.63) is 77.6 Å². The maximum absolute atomic E-state index is 6.24. The number of nitrogens with two attached hydrogens (primary N) is 1. The van der Waals surface area contributed by atoms with Crippen molar-refractivity contribution in [2.75, 3.05) is 6.61 Å². The summed E-state index contributed by atoms with van der Waals surface area (Å²) in [6, 6.07) is 17.4. The molecule has 0 radical (unpaired) electrons. The van der Waals surface area contributed by atoms with Gasteiger partial charge in [-0.3, -0.25) is 4.98 Å². The van der Waals surface area contributed by atoms with Crippen molar-refractivity contribution >= 4 is 17.2 Å². The Balaban J connectivity index is 1.56. The lowest BCUT2D eigenvalue weighted by atomic mass is 10.1. The van der Waals surface area contributed by atoms with Gasteiger partial charge in [-0.05, 0) is 36.2 Å². The summed E-state index contributed by atoms with van der Waals surface area (Å²) < 4.78 is 7.79. The topological polar surface area (TPSA) is 78.3 Å². The minimum atomic E-state index is -0.141. The molecule has 0 spiro atoms. The third-order valence-corrected chi connectivity index (χ3v) is 4.42. The predicted molar refractivity (Wildman–Crippen MR) is 105 cm³/mol. The molecule has 136 valence electrons. The minimum Gasteiger partial charge on any atom is -0.476 e. The van der Waals surface area contributed by atoms with Gasteiger partial charge in [0.25, 0.3) is 0 Å². The molecule has 0 aliphatic heterocycles. The van der Waals surface area contributed by atoms with E-state index in [1.165, 1.54) is 5.56 Å². The number of aromatic nitrogens is 4. The fraction of sp³-hybridized carbons (Fsp3) is 0.150. The first-order valence-electron chi connectivity index (χ1n) is 8.58. The fourth-order valence-corrected chi connectivity index (χ4v) is 3.00. The molecule has 0 fully saturated rings. The van der Waals surface area contributed by atoms with Gasteiger partial charge in [0.1, 0.15) is 6.61 Å². The first kappa shape index (κ1) is 17.5. The number of nitrogens with zero attached hydrogens (tertiary/aromatic N) is 4. The molecule has 2 heterocycles. The van der Waals surface area contributed by atoms with E-state index in [1.54, 1.807) is 12.4 Å². The van der Waals surface area contributed by atoms with Crippen molar-refractivity contribution in [3.8, 4) is 17.3 Å². The standard InChI is InChI=1S/C20H18ClN5O/c21-16-8-6-15(7-9-16)20-25-24-18-11-23-12-19(26(18)20)27-13-17(22)10-14-4-2-1-3-5-14/h1-9,11-12,17H,10,13,22H2/t17-/m1/s1. The monoisotopic (exact) mass is 379 g/mol. The van der Waals surface area contributed by atoms with Crippen LogP contribution in [-0.4, -0.2) is 32.2 Å². The van der Waals surface area contributed by atoms with Crippen molar-refractivity contribution < 1.29 is 4.74 Å². The summed E-state index contributed by atoms with van der Waals surface area (Å²) in [4.78, 5) is 4.19. The first-order chi connectivity index (χ1) is 13.2. The van der Waals surface area contributed by atoms with Gasteiger partial charge in [0.05, 0.1) is 12.4 Å². The predicted octanol–water partition coefficient (Wildman–Crippen LogP) is 3.39. The van der Waals surface area contributed by atoms with Crippen LogP contribution in [0.1, 0.15) is 5.56 Å². The largest absolute Gasteiger partial charge is 0.476 e. The van der Waals surface area contributed by atoms with Gasteiger partial charge >= 0.3 is 0 Å². The molecule has 0 saturated heterocycles. The average Bonchev–Trinajstić information content (AvgIpc) is 3.12. The van der Waals surface area contributed by atoms with Crippen LogP contribution in [-0.2, 0) is 6.42 Å².